The first-order valence-electron chi connectivity index (χ1n) is 11.9. The number of amides is 1. The summed E-state index contributed by atoms with van der Waals surface area (Å²) in [6.45, 7) is 2.11. The van der Waals surface area contributed by atoms with Gasteiger partial charge in [-0.25, -0.2) is 18.4 Å². The van der Waals surface area contributed by atoms with Crippen LogP contribution in [0.1, 0.15) is 34.9 Å². The molecule has 37 heavy (non-hydrogen) atoms. The van der Waals surface area contributed by atoms with Crippen LogP contribution in [-0.4, -0.2) is 40.8 Å². The number of nitrogens with one attached hydrogen (secondary N) is 2. The van der Waals surface area contributed by atoms with Gasteiger partial charge in [0.15, 0.2) is 6.17 Å². The topological polar surface area (TPSA) is 89.6 Å². The van der Waals surface area contributed by atoms with E-state index in [9.17, 15) is 13.6 Å². The molecule has 0 bridgehead atoms. The summed E-state index contributed by atoms with van der Waals surface area (Å²) in [4.78, 5) is 15.3. The number of carbonyl (C=O) groups excluding carboxylic acids is 1. The smallest absolute Gasteiger partial charge is 0.259 e. The number of rotatable bonds is 4. The van der Waals surface area contributed by atoms with E-state index in [1.165, 1.54) is 12.8 Å². The number of benzene rings is 2. The predicted molar refractivity (Wildman–Crippen MR) is 136 cm³/mol. The Balaban J connectivity index is 0.000000301. The van der Waals surface area contributed by atoms with Crippen LogP contribution >= 0.6 is 0 Å². The highest BCUT2D eigenvalue weighted by Gasteiger charge is 2.19. The van der Waals surface area contributed by atoms with Crippen LogP contribution < -0.4 is 15.6 Å². The van der Waals surface area contributed by atoms with Crippen molar-refractivity contribution in [2.75, 3.05) is 30.4 Å². The third kappa shape index (κ3) is 5.72. The maximum atomic E-state index is 13.0. The Kier molecular flexibility index (Phi) is 7.04. The van der Waals surface area contributed by atoms with Gasteiger partial charge >= 0.3 is 0 Å². The molecule has 2 aromatic carbocycles. The Hall–Kier alpha value is -4.38. The van der Waals surface area contributed by atoms with Gasteiger partial charge in [0, 0.05) is 37.7 Å². The number of fused-ring (bicyclic) bond motifs is 1. The Morgan fingerprint density at radius 2 is 1.76 bits per heavy atom. The van der Waals surface area contributed by atoms with E-state index in [-0.39, 0.29) is 12.1 Å². The van der Waals surface area contributed by atoms with Gasteiger partial charge in [-0.15, -0.1) is 5.11 Å². The third-order valence-corrected chi connectivity index (χ3v) is 6.10. The fraction of sp³-hybridized carbons (Fsp3) is 0.231. The molecule has 4 heterocycles. The summed E-state index contributed by atoms with van der Waals surface area (Å²) in [5.74, 6) is -1.01. The molecule has 0 saturated carbocycles. The lowest BCUT2D eigenvalue weighted by Gasteiger charge is -2.17. The molecule has 0 radical (unpaired) electrons. The number of hydrogen-bond acceptors (Lipinski definition) is 7. The van der Waals surface area contributed by atoms with Crippen molar-refractivity contribution in [2.24, 2.45) is 10.3 Å². The highest BCUT2D eigenvalue weighted by molar-refractivity contribution is 6.09. The number of hydrazine groups is 1. The van der Waals surface area contributed by atoms with Crippen LogP contribution in [0.5, 0.6) is 0 Å². The Bertz CT molecular complexity index is 1390. The molecular weight excluding hydrogens is 478 g/mol. The minimum absolute atomic E-state index is 0.186. The number of carbonyl (C=O) groups is 1. The van der Waals surface area contributed by atoms with E-state index in [1.807, 2.05) is 36.5 Å². The quantitative estimate of drug-likeness (QED) is 0.410. The fourth-order valence-electron chi connectivity index (χ4n) is 4.23. The van der Waals surface area contributed by atoms with E-state index >= 15 is 0 Å². The lowest BCUT2D eigenvalue weighted by atomic mass is 10.1. The lowest BCUT2D eigenvalue weighted by Crippen LogP contribution is -2.26. The summed E-state index contributed by atoms with van der Waals surface area (Å²) in [6.07, 6.45) is 5.69. The van der Waals surface area contributed by atoms with Gasteiger partial charge < -0.3 is 10.2 Å². The first-order valence-corrected chi connectivity index (χ1v) is 11.9. The number of nitrogens with zero attached hydrogens (tertiary/aromatic N) is 6. The fourth-order valence-corrected chi connectivity index (χ4v) is 4.23. The second kappa shape index (κ2) is 10.7. The van der Waals surface area contributed by atoms with Gasteiger partial charge in [-0.05, 0) is 66.9 Å². The van der Waals surface area contributed by atoms with Crippen molar-refractivity contribution in [3.05, 3.63) is 95.8 Å². The van der Waals surface area contributed by atoms with Crippen LogP contribution in [0.3, 0.4) is 0 Å². The molecule has 1 fully saturated rings. The van der Waals surface area contributed by atoms with Gasteiger partial charge in [-0.1, -0.05) is 17.4 Å². The van der Waals surface area contributed by atoms with Gasteiger partial charge in [-0.3, -0.25) is 4.79 Å². The molecule has 190 valence electrons. The van der Waals surface area contributed by atoms with Gasteiger partial charge in [0.25, 0.3) is 5.91 Å². The Labute approximate surface area is 212 Å². The molecule has 9 nitrogen and oxygen atoms in total. The van der Waals surface area contributed by atoms with Crippen LogP contribution in [0.2, 0.25) is 0 Å². The highest BCUT2D eigenvalue weighted by atomic mass is 19.1. The van der Waals surface area contributed by atoms with E-state index in [2.05, 4.69) is 37.1 Å². The number of hydrogen-bond donors (Lipinski definition) is 2. The predicted octanol–water partition coefficient (Wildman–Crippen LogP) is 4.97. The number of aromatic nitrogens is 2. The van der Waals surface area contributed by atoms with E-state index in [1.54, 1.807) is 22.9 Å². The summed E-state index contributed by atoms with van der Waals surface area (Å²) >= 11 is 0. The van der Waals surface area contributed by atoms with Crippen molar-refractivity contribution in [3.8, 4) is 0 Å². The van der Waals surface area contributed by atoms with Gasteiger partial charge in [-0.2, -0.15) is 10.5 Å². The third-order valence-electron chi connectivity index (χ3n) is 6.10. The first-order chi connectivity index (χ1) is 18.0. The van der Waals surface area contributed by atoms with Crippen LogP contribution in [0.15, 0.2) is 83.4 Å². The molecule has 0 spiro atoms. The maximum Gasteiger partial charge on any atom is 0.259 e. The maximum absolute atomic E-state index is 13.0. The zero-order chi connectivity index (χ0) is 25.8. The van der Waals surface area contributed by atoms with Crippen molar-refractivity contribution in [2.45, 2.75) is 19.0 Å². The lowest BCUT2D eigenvalue weighted by molar-refractivity contribution is 0.102. The van der Waals surface area contributed by atoms with Crippen LogP contribution in [-0.2, 0) is 0 Å². The van der Waals surface area contributed by atoms with Crippen LogP contribution in [0.4, 0.5) is 20.2 Å². The molecule has 6 rings (SSSR count). The molecule has 1 saturated heterocycles. The van der Waals surface area contributed by atoms with E-state index < -0.39 is 11.6 Å². The minimum atomic E-state index is -0.411. The van der Waals surface area contributed by atoms with E-state index in [4.69, 9.17) is 0 Å². The molecule has 1 atom stereocenters. The minimum Gasteiger partial charge on any atom is -0.371 e. The standard InChI is InChI=1S/C20H22N8O.C6H4F2/c1-26-24-19(23-25-26)14-5-4-6-15(11-14)22-20(29)17-13-21-28-10-7-16(12-18(17)28)27-8-2-3-9-27;7-5-1-2-6(8)4-3-5/h4-7,10-13,19,24H,2-3,8-9H2,1H3,(H,22,29);1-4H. The molecule has 0 aliphatic carbocycles. The van der Waals surface area contributed by atoms with Crippen LogP contribution in [0, 0.1) is 11.6 Å². The summed E-state index contributed by atoms with van der Waals surface area (Å²) in [7, 11) is 1.79. The summed E-state index contributed by atoms with van der Waals surface area (Å²) in [6, 6.07) is 16.0. The van der Waals surface area contributed by atoms with Crippen molar-refractivity contribution in [3.63, 3.8) is 0 Å². The van der Waals surface area contributed by atoms with Crippen molar-refractivity contribution < 1.29 is 13.6 Å². The molecule has 2 aromatic heterocycles. The summed E-state index contributed by atoms with van der Waals surface area (Å²) < 4.78 is 25.6. The van der Waals surface area contributed by atoms with E-state index in [0.717, 1.165) is 54.1 Å². The monoisotopic (exact) mass is 504 g/mol. The molecular formula is C26H26F2N8O. The second-order valence-corrected chi connectivity index (χ2v) is 8.74. The zero-order valence-electron chi connectivity index (χ0n) is 20.2. The van der Waals surface area contributed by atoms with Gasteiger partial charge in [0.05, 0.1) is 17.3 Å². The molecule has 2 N–H and O–H groups in total. The summed E-state index contributed by atoms with van der Waals surface area (Å²) in [5.41, 5.74) is 7.22. The molecule has 1 amide bonds. The highest BCUT2D eigenvalue weighted by Crippen LogP contribution is 2.25. The van der Waals surface area contributed by atoms with E-state index in [0.29, 0.717) is 11.3 Å². The summed E-state index contributed by atoms with van der Waals surface area (Å²) in [5, 5.41) is 17.0. The Morgan fingerprint density at radius 3 is 2.43 bits per heavy atom. The normalized spacial score (nSPS) is 16.7. The molecule has 1 unspecified atom stereocenters. The van der Waals surface area contributed by atoms with Gasteiger partial charge in [0.2, 0.25) is 0 Å². The van der Waals surface area contributed by atoms with Crippen molar-refractivity contribution in [1.29, 1.82) is 0 Å². The number of pyridine rings is 1. The van der Waals surface area contributed by atoms with Crippen LogP contribution in [0.25, 0.3) is 5.52 Å². The van der Waals surface area contributed by atoms with Gasteiger partial charge in [0.1, 0.15) is 11.6 Å². The molecule has 11 heteroatoms. The number of anilines is 2. The van der Waals surface area contributed by atoms with Crippen molar-refractivity contribution in [1.82, 2.24) is 20.2 Å². The molecule has 2 aliphatic heterocycles. The zero-order valence-corrected chi connectivity index (χ0v) is 20.2. The number of halogens is 2. The second-order valence-electron chi connectivity index (χ2n) is 8.74. The van der Waals surface area contributed by atoms with Crippen molar-refractivity contribution >= 4 is 22.8 Å². The first kappa shape index (κ1) is 24.3. The molecule has 4 aromatic rings. The Morgan fingerprint density at radius 1 is 1.03 bits per heavy atom. The molecule has 2 aliphatic rings. The largest absolute Gasteiger partial charge is 0.371 e. The average molecular weight is 505 g/mol. The average Bonchev–Trinajstić information content (AvgIpc) is 3.67. The SMILES string of the molecule is CN1N=NC(c2cccc(NC(=O)c3cnn4ccc(N5CCCC5)cc34)c2)N1.Fc1ccc(F)cc1.